The van der Waals surface area contributed by atoms with E-state index in [9.17, 15) is 5.11 Å². The molecule has 2 nitrogen and oxygen atoms in total. The van der Waals surface area contributed by atoms with Crippen LogP contribution < -0.4 is 5.73 Å². The summed E-state index contributed by atoms with van der Waals surface area (Å²) in [5.41, 5.74) is 7.76. The zero-order valence-electron chi connectivity index (χ0n) is 10.5. The van der Waals surface area contributed by atoms with Crippen LogP contribution in [0.3, 0.4) is 0 Å². The molecule has 1 saturated carbocycles. The maximum atomic E-state index is 10.2. The fourth-order valence-corrected chi connectivity index (χ4v) is 3.08. The van der Waals surface area contributed by atoms with E-state index in [0.29, 0.717) is 16.7 Å². The molecule has 0 amide bonds. The number of benzene rings is 1. The van der Waals surface area contributed by atoms with Crippen molar-refractivity contribution in [1.29, 1.82) is 0 Å². The van der Waals surface area contributed by atoms with Crippen molar-refractivity contribution in [3.8, 4) is 5.75 Å². The Balaban J connectivity index is 2.46. The van der Waals surface area contributed by atoms with Crippen LogP contribution in [-0.2, 0) is 5.54 Å². The molecule has 0 bridgehead atoms. The van der Waals surface area contributed by atoms with Crippen molar-refractivity contribution in [3.05, 3.63) is 28.3 Å². The van der Waals surface area contributed by atoms with Gasteiger partial charge in [0.1, 0.15) is 5.75 Å². The number of nitrogens with two attached hydrogens (primary N) is 1. The van der Waals surface area contributed by atoms with Gasteiger partial charge in [0.05, 0.1) is 0 Å². The molecule has 2 rings (SSSR count). The van der Waals surface area contributed by atoms with E-state index in [0.717, 1.165) is 36.8 Å². The van der Waals surface area contributed by atoms with Crippen LogP contribution in [0.15, 0.2) is 12.1 Å². The molecular weight excluding hydrogens is 234 g/mol. The summed E-state index contributed by atoms with van der Waals surface area (Å²) in [4.78, 5) is 0. The fraction of sp³-hybridized carbons (Fsp3) is 0.571. The molecule has 1 aromatic rings. The minimum Gasteiger partial charge on any atom is -0.508 e. The van der Waals surface area contributed by atoms with Crippen LogP contribution in [0.25, 0.3) is 0 Å². The van der Waals surface area contributed by atoms with Crippen LogP contribution in [0, 0.1) is 0 Å². The van der Waals surface area contributed by atoms with E-state index in [2.05, 4.69) is 13.8 Å². The molecule has 0 aliphatic heterocycles. The smallest absolute Gasteiger partial charge is 0.121 e. The van der Waals surface area contributed by atoms with Crippen molar-refractivity contribution in [2.24, 2.45) is 5.73 Å². The van der Waals surface area contributed by atoms with Crippen LogP contribution in [0.2, 0.25) is 5.02 Å². The van der Waals surface area contributed by atoms with Gasteiger partial charge >= 0.3 is 0 Å². The monoisotopic (exact) mass is 253 g/mol. The quantitative estimate of drug-likeness (QED) is 0.840. The molecule has 0 radical (unpaired) electrons. The minimum absolute atomic E-state index is 0.294. The van der Waals surface area contributed by atoms with Crippen LogP contribution in [-0.4, -0.2) is 5.11 Å². The molecule has 0 unspecified atom stereocenters. The second-order valence-electron chi connectivity index (χ2n) is 5.41. The molecule has 3 N–H and O–H groups in total. The van der Waals surface area contributed by atoms with Crippen LogP contribution in [0.4, 0.5) is 0 Å². The van der Waals surface area contributed by atoms with Gasteiger partial charge < -0.3 is 10.8 Å². The summed E-state index contributed by atoms with van der Waals surface area (Å²) < 4.78 is 0. The van der Waals surface area contributed by atoms with Crippen molar-refractivity contribution < 1.29 is 5.11 Å². The first-order valence-corrected chi connectivity index (χ1v) is 6.63. The zero-order valence-corrected chi connectivity index (χ0v) is 11.2. The third-order valence-electron chi connectivity index (χ3n) is 3.77. The Kier molecular flexibility index (Phi) is 3.37. The number of aromatic hydroxyl groups is 1. The van der Waals surface area contributed by atoms with Crippen LogP contribution in [0.5, 0.6) is 5.75 Å². The summed E-state index contributed by atoms with van der Waals surface area (Å²) in [7, 11) is 0. The highest BCUT2D eigenvalue weighted by molar-refractivity contribution is 6.31. The summed E-state index contributed by atoms with van der Waals surface area (Å²) in [6.07, 6.45) is 4.11. The molecule has 0 atom stereocenters. The van der Waals surface area contributed by atoms with Gasteiger partial charge in [-0.05, 0) is 36.5 Å². The van der Waals surface area contributed by atoms with Gasteiger partial charge in [0, 0.05) is 16.1 Å². The predicted octanol–water partition coefficient (Wildman–Crippen LogP) is 3.90. The number of hydrogen-bond donors (Lipinski definition) is 2. The molecule has 1 aliphatic carbocycles. The highest BCUT2D eigenvalue weighted by Crippen LogP contribution is 2.43. The van der Waals surface area contributed by atoms with Gasteiger partial charge in [0.25, 0.3) is 0 Å². The van der Waals surface area contributed by atoms with E-state index in [1.165, 1.54) is 0 Å². The molecule has 0 aromatic heterocycles. The van der Waals surface area contributed by atoms with Crippen LogP contribution >= 0.6 is 11.6 Å². The molecule has 3 heteroatoms. The van der Waals surface area contributed by atoms with Gasteiger partial charge in [0.2, 0.25) is 0 Å². The van der Waals surface area contributed by atoms with Crippen molar-refractivity contribution >= 4 is 11.6 Å². The average molecular weight is 254 g/mol. The van der Waals surface area contributed by atoms with E-state index < -0.39 is 0 Å². The highest BCUT2D eigenvalue weighted by Gasteiger charge is 2.34. The lowest BCUT2D eigenvalue weighted by Crippen LogP contribution is -2.33. The summed E-state index contributed by atoms with van der Waals surface area (Å²) in [6.45, 7) is 4.13. The Morgan fingerprint density at radius 2 is 1.88 bits per heavy atom. The first kappa shape index (κ1) is 12.7. The average Bonchev–Trinajstić information content (AvgIpc) is 2.69. The van der Waals surface area contributed by atoms with Crippen molar-refractivity contribution in [1.82, 2.24) is 0 Å². The van der Waals surface area contributed by atoms with Gasteiger partial charge in [0.15, 0.2) is 0 Å². The van der Waals surface area contributed by atoms with Gasteiger partial charge in [-0.1, -0.05) is 38.3 Å². The van der Waals surface area contributed by atoms with Crippen molar-refractivity contribution in [2.75, 3.05) is 0 Å². The SMILES string of the molecule is CC(C)c1cc(O)c(C2(N)CCCC2)cc1Cl. The molecular formula is C14H20ClNO. The summed E-state index contributed by atoms with van der Waals surface area (Å²) in [6, 6.07) is 3.63. The Morgan fingerprint density at radius 1 is 1.29 bits per heavy atom. The lowest BCUT2D eigenvalue weighted by atomic mass is 9.87. The number of rotatable bonds is 2. The standard InChI is InChI=1S/C14H20ClNO/c1-9(2)10-7-13(17)11(8-12(10)15)14(16)5-3-4-6-14/h7-9,17H,3-6,16H2,1-2H3. The van der Waals surface area contributed by atoms with Gasteiger partial charge in [-0.15, -0.1) is 0 Å². The van der Waals surface area contributed by atoms with E-state index >= 15 is 0 Å². The number of hydrogen-bond acceptors (Lipinski definition) is 2. The van der Waals surface area contributed by atoms with E-state index in [1.54, 1.807) is 6.07 Å². The Morgan fingerprint density at radius 3 is 2.41 bits per heavy atom. The second kappa shape index (κ2) is 4.51. The third-order valence-corrected chi connectivity index (χ3v) is 4.10. The minimum atomic E-state index is -0.386. The van der Waals surface area contributed by atoms with E-state index in [4.69, 9.17) is 17.3 Å². The van der Waals surface area contributed by atoms with Gasteiger partial charge in [-0.2, -0.15) is 0 Å². The van der Waals surface area contributed by atoms with Crippen LogP contribution in [0.1, 0.15) is 56.6 Å². The fourth-order valence-electron chi connectivity index (χ4n) is 2.69. The van der Waals surface area contributed by atoms with Crippen molar-refractivity contribution in [2.45, 2.75) is 51.0 Å². The summed E-state index contributed by atoms with van der Waals surface area (Å²) >= 11 is 6.27. The molecule has 0 heterocycles. The van der Waals surface area contributed by atoms with Crippen molar-refractivity contribution in [3.63, 3.8) is 0 Å². The first-order valence-electron chi connectivity index (χ1n) is 6.26. The highest BCUT2D eigenvalue weighted by atomic mass is 35.5. The maximum Gasteiger partial charge on any atom is 0.121 e. The maximum absolute atomic E-state index is 10.2. The topological polar surface area (TPSA) is 46.2 Å². The summed E-state index contributed by atoms with van der Waals surface area (Å²) in [5.74, 6) is 0.599. The number of phenols is 1. The molecule has 0 spiro atoms. The Hall–Kier alpha value is -0.730. The lowest BCUT2D eigenvalue weighted by molar-refractivity contribution is 0.408. The Bertz CT molecular complexity index is 422. The van der Waals surface area contributed by atoms with E-state index in [1.807, 2.05) is 6.07 Å². The predicted molar refractivity (Wildman–Crippen MR) is 71.5 cm³/mol. The number of halogens is 1. The lowest BCUT2D eigenvalue weighted by Gasteiger charge is -2.26. The van der Waals surface area contributed by atoms with Gasteiger partial charge in [-0.25, -0.2) is 0 Å². The molecule has 17 heavy (non-hydrogen) atoms. The van der Waals surface area contributed by atoms with E-state index in [-0.39, 0.29) is 5.54 Å². The normalized spacial score (nSPS) is 18.9. The molecule has 1 aliphatic rings. The largest absolute Gasteiger partial charge is 0.508 e. The molecule has 0 saturated heterocycles. The second-order valence-corrected chi connectivity index (χ2v) is 5.82. The third kappa shape index (κ3) is 2.29. The molecule has 94 valence electrons. The molecule has 1 fully saturated rings. The molecule has 1 aromatic carbocycles. The van der Waals surface area contributed by atoms with Gasteiger partial charge in [-0.3, -0.25) is 0 Å². The zero-order chi connectivity index (χ0) is 12.6. The Labute approximate surface area is 108 Å². The summed E-state index contributed by atoms with van der Waals surface area (Å²) in [5, 5.41) is 10.9. The first-order chi connectivity index (χ1) is 7.94. The number of phenolic OH excluding ortho intramolecular Hbond substituents is 1.